The van der Waals surface area contributed by atoms with Crippen molar-refractivity contribution in [1.82, 2.24) is 4.90 Å². The molecule has 0 amide bonds. The zero-order valence-electron chi connectivity index (χ0n) is 11.0. The molecule has 0 aliphatic carbocycles. The van der Waals surface area contributed by atoms with Crippen molar-refractivity contribution in [3.63, 3.8) is 0 Å². The second kappa shape index (κ2) is 5.28. The molecule has 2 unspecified atom stereocenters. The summed E-state index contributed by atoms with van der Waals surface area (Å²) < 4.78 is 0. The van der Waals surface area contributed by atoms with Gasteiger partial charge in [0.25, 0.3) is 0 Å². The van der Waals surface area contributed by atoms with E-state index in [2.05, 4.69) is 4.90 Å². The van der Waals surface area contributed by atoms with Gasteiger partial charge in [-0.1, -0.05) is 13.8 Å². The van der Waals surface area contributed by atoms with Gasteiger partial charge in [0.15, 0.2) is 0 Å². The van der Waals surface area contributed by atoms with E-state index in [0.29, 0.717) is 6.54 Å². The SMILES string of the molecule is CC(=O)C1CCCN(CC(C)(O)C(C)C)C1. The van der Waals surface area contributed by atoms with E-state index in [1.54, 1.807) is 6.92 Å². The van der Waals surface area contributed by atoms with E-state index < -0.39 is 5.60 Å². The van der Waals surface area contributed by atoms with Crippen LogP contribution in [-0.4, -0.2) is 41.0 Å². The highest BCUT2D eigenvalue weighted by Crippen LogP contribution is 2.22. The fraction of sp³-hybridized carbons (Fsp3) is 0.923. The number of hydrogen-bond donors (Lipinski definition) is 1. The van der Waals surface area contributed by atoms with Gasteiger partial charge in [-0.15, -0.1) is 0 Å². The van der Waals surface area contributed by atoms with Crippen LogP contribution in [0.2, 0.25) is 0 Å². The zero-order valence-corrected chi connectivity index (χ0v) is 11.0. The van der Waals surface area contributed by atoms with E-state index in [-0.39, 0.29) is 17.6 Å². The maximum atomic E-state index is 11.4. The normalized spacial score (nSPS) is 26.8. The molecule has 1 saturated heterocycles. The molecule has 3 heteroatoms. The van der Waals surface area contributed by atoms with Crippen LogP contribution >= 0.6 is 0 Å². The number of carbonyl (C=O) groups excluding carboxylic acids is 1. The number of likely N-dealkylation sites (tertiary alicyclic amines) is 1. The number of rotatable bonds is 4. The van der Waals surface area contributed by atoms with Gasteiger partial charge in [-0.2, -0.15) is 0 Å². The minimum atomic E-state index is -0.654. The standard InChI is InChI=1S/C13H25NO2/c1-10(2)13(4,16)9-14-7-5-6-12(8-14)11(3)15/h10,12,16H,5-9H2,1-4H3. The quantitative estimate of drug-likeness (QED) is 0.794. The molecule has 0 aromatic carbocycles. The van der Waals surface area contributed by atoms with Gasteiger partial charge in [0, 0.05) is 19.0 Å². The fourth-order valence-electron chi connectivity index (χ4n) is 2.17. The molecule has 1 aliphatic rings. The van der Waals surface area contributed by atoms with Gasteiger partial charge in [-0.3, -0.25) is 9.69 Å². The molecule has 1 N–H and O–H groups in total. The molecule has 0 aromatic heterocycles. The highest BCUT2D eigenvalue weighted by atomic mass is 16.3. The third-order valence-electron chi connectivity index (χ3n) is 3.87. The first kappa shape index (κ1) is 13.7. The second-order valence-corrected chi connectivity index (χ2v) is 5.70. The lowest BCUT2D eigenvalue weighted by molar-refractivity contribution is -0.123. The summed E-state index contributed by atoms with van der Waals surface area (Å²) in [6.45, 7) is 10.1. The Bertz CT molecular complexity index is 248. The van der Waals surface area contributed by atoms with Crippen molar-refractivity contribution in [3.05, 3.63) is 0 Å². The van der Waals surface area contributed by atoms with Crippen LogP contribution in [0.5, 0.6) is 0 Å². The lowest BCUT2D eigenvalue weighted by atomic mass is 9.89. The van der Waals surface area contributed by atoms with Crippen molar-refractivity contribution < 1.29 is 9.90 Å². The van der Waals surface area contributed by atoms with Crippen LogP contribution < -0.4 is 0 Å². The Kier molecular flexibility index (Phi) is 4.51. The second-order valence-electron chi connectivity index (χ2n) is 5.70. The molecule has 0 radical (unpaired) electrons. The maximum Gasteiger partial charge on any atom is 0.134 e. The zero-order chi connectivity index (χ0) is 12.3. The van der Waals surface area contributed by atoms with E-state index in [1.807, 2.05) is 20.8 Å². The van der Waals surface area contributed by atoms with Crippen molar-refractivity contribution in [2.24, 2.45) is 11.8 Å². The maximum absolute atomic E-state index is 11.4. The summed E-state index contributed by atoms with van der Waals surface area (Å²) in [6.07, 6.45) is 2.08. The van der Waals surface area contributed by atoms with E-state index in [4.69, 9.17) is 0 Å². The molecule has 0 aromatic rings. The number of nitrogens with zero attached hydrogens (tertiary/aromatic N) is 1. The van der Waals surface area contributed by atoms with Crippen LogP contribution in [0.25, 0.3) is 0 Å². The molecule has 1 fully saturated rings. The van der Waals surface area contributed by atoms with Crippen LogP contribution in [0, 0.1) is 11.8 Å². The molecule has 16 heavy (non-hydrogen) atoms. The van der Waals surface area contributed by atoms with Gasteiger partial charge in [-0.25, -0.2) is 0 Å². The number of ketones is 1. The monoisotopic (exact) mass is 227 g/mol. The lowest BCUT2D eigenvalue weighted by Crippen LogP contribution is -2.48. The van der Waals surface area contributed by atoms with Gasteiger partial charge in [0.05, 0.1) is 5.60 Å². The van der Waals surface area contributed by atoms with Gasteiger partial charge in [0.1, 0.15) is 5.78 Å². The third-order valence-corrected chi connectivity index (χ3v) is 3.87. The summed E-state index contributed by atoms with van der Waals surface area (Å²) in [6, 6.07) is 0. The third kappa shape index (κ3) is 3.56. The smallest absolute Gasteiger partial charge is 0.134 e. The number of carbonyl (C=O) groups is 1. The Morgan fingerprint density at radius 2 is 2.19 bits per heavy atom. The van der Waals surface area contributed by atoms with Crippen molar-refractivity contribution in [2.45, 2.75) is 46.1 Å². The van der Waals surface area contributed by atoms with Crippen LogP contribution in [0.15, 0.2) is 0 Å². The predicted octanol–water partition coefficient (Wildman–Crippen LogP) is 1.69. The average Bonchev–Trinajstić information content (AvgIpc) is 2.17. The summed E-state index contributed by atoms with van der Waals surface area (Å²) in [5.41, 5.74) is -0.654. The van der Waals surface area contributed by atoms with Crippen LogP contribution in [0.1, 0.15) is 40.5 Å². The van der Waals surface area contributed by atoms with Crippen molar-refractivity contribution in [2.75, 3.05) is 19.6 Å². The first-order valence-corrected chi connectivity index (χ1v) is 6.28. The highest BCUT2D eigenvalue weighted by Gasteiger charge is 2.31. The minimum Gasteiger partial charge on any atom is -0.389 e. The van der Waals surface area contributed by atoms with Crippen molar-refractivity contribution in [3.8, 4) is 0 Å². The summed E-state index contributed by atoms with van der Waals surface area (Å²) in [5, 5.41) is 10.2. The van der Waals surface area contributed by atoms with Gasteiger partial charge in [0.2, 0.25) is 0 Å². The lowest BCUT2D eigenvalue weighted by Gasteiger charge is -2.38. The van der Waals surface area contributed by atoms with Gasteiger partial charge in [-0.05, 0) is 39.2 Å². The van der Waals surface area contributed by atoms with E-state index in [9.17, 15) is 9.90 Å². The Hall–Kier alpha value is -0.410. The molecule has 3 nitrogen and oxygen atoms in total. The van der Waals surface area contributed by atoms with Crippen LogP contribution in [0.3, 0.4) is 0 Å². The minimum absolute atomic E-state index is 0.178. The fourth-order valence-corrected chi connectivity index (χ4v) is 2.17. The summed E-state index contributed by atoms with van der Waals surface area (Å²) >= 11 is 0. The topological polar surface area (TPSA) is 40.5 Å². The first-order chi connectivity index (χ1) is 7.33. The summed E-state index contributed by atoms with van der Waals surface area (Å²) in [7, 11) is 0. The predicted molar refractivity (Wildman–Crippen MR) is 65.3 cm³/mol. The molecular formula is C13H25NO2. The molecule has 94 valence electrons. The van der Waals surface area contributed by atoms with Gasteiger partial charge >= 0.3 is 0 Å². The Morgan fingerprint density at radius 3 is 2.69 bits per heavy atom. The van der Waals surface area contributed by atoms with Crippen molar-refractivity contribution >= 4 is 5.78 Å². The van der Waals surface area contributed by atoms with Crippen LogP contribution in [0.4, 0.5) is 0 Å². The van der Waals surface area contributed by atoms with Gasteiger partial charge < -0.3 is 5.11 Å². The molecule has 1 aliphatic heterocycles. The van der Waals surface area contributed by atoms with Crippen LogP contribution in [-0.2, 0) is 4.79 Å². The molecule has 1 rings (SSSR count). The Labute approximate surface area is 98.8 Å². The first-order valence-electron chi connectivity index (χ1n) is 6.28. The number of piperidine rings is 1. The number of aliphatic hydroxyl groups is 1. The Morgan fingerprint density at radius 1 is 1.56 bits per heavy atom. The Balaban J connectivity index is 2.52. The van der Waals surface area contributed by atoms with E-state index in [0.717, 1.165) is 25.9 Å². The molecule has 0 saturated carbocycles. The van der Waals surface area contributed by atoms with Crippen molar-refractivity contribution in [1.29, 1.82) is 0 Å². The highest BCUT2D eigenvalue weighted by molar-refractivity contribution is 5.78. The number of hydrogen-bond acceptors (Lipinski definition) is 3. The molecule has 2 atom stereocenters. The molecule has 1 heterocycles. The summed E-state index contributed by atoms with van der Waals surface area (Å²) in [4.78, 5) is 13.6. The van der Waals surface area contributed by atoms with E-state index >= 15 is 0 Å². The molecular weight excluding hydrogens is 202 g/mol. The molecule has 0 bridgehead atoms. The average molecular weight is 227 g/mol. The summed E-state index contributed by atoms with van der Waals surface area (Å²) in [5.74, 6) is 0.704. The largest absolute Gasteiger partial charge is 0.389 e. The number of Topliss-reactive ketones (excluding diaryl/α,β-unsaturated/α-hetero) is 1. The molecule has 0 spiro atoms. The van der Waals surface area contributed by atoms with E-state index in [1.165, 1.54) is 0 Å². The number of β-amino-alcohol motifs (C(OH)–C–C–N with tert-alkyl or cyclic N) is 1.